The molecule has 5 rings (SSSR count). The van der Waals surface area contributed by atoms with Crippen molar-refractivity contribution in [1.29, 1.82) is 0 Å². The average molecular weight is 444 g/mol. The van der Waals surface area contributed by atoms with E-state index < -0.39 is 0 Å². The summed E-state index contributed by atoms with van der Waals surface area (Å²) in [4.78, 5) is 33.1. The molecular formula is C26H25N3O4. The zero-order valence-electron chi connectivity index (χ0n) is 18.3. The van der Waals surface area contributed by atoms with Crippen LogP contribution in [-0.4, -0.2) is 70.6 Å². The molecule has 3 atom stereocenters. The number of ether oxygens (including phenoxy) is 1. The minimum atomic E-state index is -0.275. The van der Waals surface area contributed by atoms with Crippen molar-refractivity contribution in [2.45, 2.75) is 18.0 Å². The summed E-state index contributed by atoms with van der Waals surface area (Å²) in [5, 5.41) is 10.0. The van der Waals surface area contributed by atoms with E-state index >= 15 is 0 Å². The number of carbonyl (C=O) groups is 2. The van der Waals surface area contributed by atoms with Crippen LogP contribution in [0.5, 0.6) is 5.75 Å². The van der Waals surface area contributed by atoms with Crippen LogP contribution in [0.15, 0.2) is 73.1 Å². The molecule has 2 aliphatic rings. The van der Waals surface area contributed by atoms with Crippen LogP contribution < -0.4 is 4.74 Å². The Kier molecular flexibility index (Phi) is 5.56. The van der Waals surface area contributed by atoms with E-state index in [1.54, 1.807) is 41.4 Å². The molecule has 33 heavy (non-hydrogen) atoms. The molecule has 2 aliphatic heterocycles. The van der Waals surface area contributed by atoms with Gasteiger partial charge < -0.3 is 19.6 Å². The van der Waals surface area contributed by atoms with Gasteiger partial charge in [-0.2, -0.15) is 0 Å². The molecule has 2 aromatic carbocycles. The maximum absolute atomic E-state index is 12.9. The summed E-state index contributed by atoms with van der Waals surface area (Å²) >= 11 is 0. The number of carbonyl (C=O) groups excluding carboxylic acids is 2. The van der Waals surface area contributed by atoms with Gasteiger partial charge in [0.05, 0.1) is 25.8 Å². The van der Waals surface area contributed by atoms with E-state index in [1.165, 1.54) is 0 Å². The average Bonchev–Trinajstić information content (AvgIpc) is 2.85. The number of methoxy groups -OCH3 is 1. The van der Waals surface area contributed by atoms with Crippen molar-refractivity contribution in [3.63, 3.8) is 0 Å². The number of piperazine rings is 1. The molecule has 0 radical (unpaired) electrons. The van der Waals surface area contributed by atoms with Gasteiger partial charge in [-0.25, -0.2) is 0 Å². The van der Waals surface area contributed by atoms with E-state index in [-0.39, 0.29) is 43.0 Å². The Labute approximate surface area is 192 Å². The molecule has 0 unspecified atom stereocenters. The summed E-state index contributed by atoms with van der Waals surface area (Å²) in [5.74, 6) is 0.458. The number of hydrogen-bond donors (Lipinski definition) is 1. The zero-order valence-corrected chi connectivity index (χ0v) is 18.3. The Bertz CT molecular complexity index is 1170. The largest absolute Gasteiger partial charge is 0.497 e. The summed E-state index contributed by atoms with van der Waals surface area (Å²) in [6, 6.07) is 19.0. The molecule has 3 heterocycles. The Morgan fingerprint density at radius 3 is 2.55 bits per heavy atom. The van der Waals surface area contributed by atoms with E-state index in [9.17, 15) is 14.7 Å². The number of aliphatic hydroxyl groups is 1. The van der Waals surface area contributed by atoms with Gasteiger partial charge in [0.1, 0.15) is 12.3 Å². The van der Waals surface area contributed by atoms with Crippen LogP contribution in [-0.2, 0) is 4.79 Å². The van der Waals surface area contributed by atoms with E-state index in [2.05, 4.69) is 4.98 Å². The SMILES string of the molecule is COc1cccc(-c2ccc([C@H]3[C@@H](CO)N4C(=O)CN(C(=O)c5ccncc5)C[C@H]34)cc2)c1. The minimum absolute atomic E-state index is 0.0235. The maximum Gasteiger partial charge on any atom is 0.254 e. The lowest BCUT2D eigenvalue weighted by Gasteiger charge is -2.58. The number of amides is 2. The quantitative estimate of drug-likeness (QED) is 0.655. The Balaban J connectivity index is 1.38. The number of fused-ring (bicyclic) bond motifs is 1. The van der Waals surface area contributed by atoms with Crippen molar-refractivity contribution in [2.24, 2.45) is 0 Å². The number of nitrogens with zero attached hydrogens (tertiary/aromatic N) is 3. The molecular weight excluding hydrogens is 418 g/mol. The predicted octanol–water partition coefficient (Wildman–Crippen LogP) is 2.57. The first kappa shape index (κ1) is 21.2. The third kappa shape index (κ3) is 3.74. The molecule has 3 aromatic rings. The Morgan fingerprint density at radius 2 is 1.85 bits per heavy atom. The normalized spacial score (nSPS) is 21.9. The van der Waals surface area contributed by atoms with Crippen LogP contribution in [0.2, 0.25) is 0 Å². The lowest BCUT2D eigenvalue weighted by molar-refractivity contribution is -0.159. The highest BCUT2D eigenvalue weighted by Gasteiger charge is 2.54. The van der Waals surface area contributed by atoms with Crippen molar-refractivity contribution < 1.29 is 19.4 Å². The van der Waals surface area contributed by atoms with Crippen molar-refractivity contribution in [2.75, 3.05) is 26.8 Å². The van der Waals surface area contributed by atoms with Gasteiger partial charge in [-0.1, -0.05) is 36.4 Å². The minimum Gasteiger partial charge on any atom is -0.497 e. The summed E-state index contributed by atoms with van der Waals surface area (Å²) in [5.41, 5.74) is 3.68. The van der Waals surface area contributed by atoms with Crippen molar-refractivity contribution >= 4 is 11.8 Å². The van der Waals surface area contributed by atoms with Crippen LogP contribution in [0.1, 0.15) is 21.8 Å². The van der Waals surface area contributed by atoms with Gasteiger partial charge in [-0.15, -0.1) is 0 Å². The molecule has 0 bridgehead atoms. The van der Waals surface area contributed by atoms with Gasteiger partial charge in [-0.3, -0.25) is 14.6 Å². The Morgan fingerprint density at radius 1 is 1.09 bits per heavy atom. The van der Waals surface area contributed by atoms with Crippen molar-refractivity contribution in [3.05, 3.63) is 84.2 Å². The fourth-order valence-electron chi connectivity index (χ4n) is 5.03. The van der Waals surface area contributed by atoms with Crippen LogP contribution >= 0.6 is 0 Å². The Hall–Kier alpha value is -3.71. The van der Waals surface area contributed by atoms with E-state index in [1.807, 2.05) is 48.5 Å². The van der Waals surface area contributed by atoms with Crippen LogP contribution in [0.4, 0.5) is 0 Å². The molecule has 0 spiro atoms. The first-order valence-electron chi connectivity index (χ1n) is 11.0. The molecule has 0 aliphatic carbocycles. The van der Waals surface area contributed by atoms with E-state index in [4.69, 9.17) is 4.74 Å². The summed E-state index contributed by atoms with van der Waals surface area (Å²) < 4.78 is 5.32. The molecule has 0 saturated carbocycles. The molecule has 2 saturated heterocycles. The summed E-state index contributed by atoms with van der Waals surface area (Å²) in [7, 11) is 1.65. The summed E-state index contributed by atoms with van der Waals surface area (Å²) in [6.07, 6.45) is 3.15. The maximum atomic E-state index is 12.9. The standard InChI is InChI=1S/C26H25N3O4/c1-33-21-4-2-3-20(13-21)17-5-7-18(8-6-17)25-22-14-28(15-24(31)29(22)23(25)16-30)26(32)19-9-11-27-12-10-19/h2-13,22-23,25,30H,14-16H2,1H3/t22-,23-,25-/m1/s1. The molecule has 2 fully saturated rings. The third-order valence-electron chi connectivity index (χ3n) is 6.67. The smallest absolute Gasteiger partial charge is 0.254 e. The number of hydrogen-bond acceptors (Lipinski definition) is 5. The first-order valence-corrected chi connectivity index (χ1v) is 11.0. The van der Waals surface area contributed by atoms with Crippen LogP contribution in [0, 0.1) is 0 Å². The highest BCUT2D eigenvalue weighted by atomic mass is 16.5. The van der Waals surface area contributed by atoms with E-state index in [0.717, 1.165) is 22.4 Å². The van der Waals surface area contributed by atoms with Crippen molar-refractivity contribution in [3.8, 4) is 16.9 Å². The molecule has 168 valence electrons. The predicted molar refractivity (Wildman–Crippen MR) is 123 cm³/mol. The summed E-state index contributed by atoms with van der Waals surface area (Å²) in [6.45, 7) is 0.351. The van der Waals surface area contributed by atoms with Gasteiger partial charge in [0.25, 0.3) is 5.91 Å². The zero-order chi connectivity index (χ0) is 22.9. The van der Waals surface area contributed by atoms with Gasteiger partial charge >= 0.3 is 0 Å². The van der Waals surface area contributed by atoms with Crippen LogP contribution in [0.3, 0.4) is 0 Å². The molecule has 1 aromatic heterocycles. The molecule has 2 amide bonds. The van der Waals surface area contributed by atoms with Gasteiger partial charge in [-0.05, 0) is 41.0 Å². The lowest BCUT2D eigenvalue weighted by Crippen LogP contribution is -2.73. The fourth-order valence-corrected chi connectivity index (χ4v) is 5.03. The molecule has 1 N–H and O–H groups in total. The number of aliphatic hydroxyl groups excluding tert-OH is 1. The second-order valence-electron chi connectivity index (χ2n) is 8.42. The molecule has 7 nitrogen and oxygen atoms in total. The van der Waals surface area contributed by atoms with Crippen LogP contribution in [0.25, 0.3) is 11.1 Å². The second kappa shape index (κ2) is 8.67. The molecule has 7 heteroatoms. The number of benzene rings is 2. The number of aromatic nitrogens is 1. The van der Waals surface area contributed by atoms with Crippen molar-refractivity contribution in [1.82, 2.24) is 14.8 Å². The fraction of sp³-hybridized carbons (Fsp3) is 0.269. The number of pyridine rings is 1. The monoisotopic (exact) mass is 443 g/mol. The van der Waals surface area contributed by atoms with Gasteiger partial charge in [0.2, 0.25) is 5.91 Å². The van der Waals surface area contributed by atoms with Gasteiger partial charge in [0, 0.05) is 30.4 Å². The first-order chi connectivity index (χ1) is 16.1. The highest BCUT2D eigenvalue weighted by molar-refractivity contribution is 5.97. The van der Waals surface area contributed by atoms with E-state index in [0.29, 0.717) is 12.1 Å². The third-order valence-corrected chi connectivity index (χ3v) is 6.67. The highest BCUT2D eigenvalue weighted by Crippen LogP contribution is 2.43. The lowest BCUT2D eigenvalue weighted by atomic mass is 9.73. The van der Waals surface area contributed by atoms with Gasteiger partial charge in [0.15, 0.2) is 0 Å². The topological polar surface area (TPSA) is 83.0 Å². The second-order valence-corrected chi connectivity index (χ2v) is 8.42. The number of rotatable bonds is 5.